The number of pyridine rings is 1. The number of benzene rings is 1. The highest BCUT2D eigenvalue weighted by Crippen LogP contribution is 2.33. The molecule has 2 fully saturated rings. The van der Waals surface area contributed by atoms with E-state index in [1.54, 1.807) is 42.6 Å². The van der Waals surface area contributed by atoms with Gasteiger partial charge in [0.15, 0.2) is 5.58 Å². The number of nitrogens with zero attached hydrogens (tertiary/aromatic N) is 2. The molecule has 1 aromatic carbocycles. The number of morpholine rings is 1. The Kier molecular flexibility index (Phi) is 6.70. The first-order chi connectivity index (χ1) is 17.0. The third-order valence-electron chi connectivity index (χ3n) is 6.51. The maximum Gasteiger partial charge on any atom is 0.293 e. The molecule has 2 aromatic heterocycles. The van der Waals surface area contributed by atoms with E-state index in [1.807, 2.05) is 4.90 Å². The number of amides is 3. The summed E-state index contributed by atoms with van der Waals surface area (Å²) in [4.78, 5) is 44.6. The van der Waals surface area contributed by atoms with Crippen molar-refractivity contribution in [3.8, 4) is 0 Å². The normalized spacial score (nSPS) is 20.6. The number of carbonyl (C=O) groups excluding carboxylic acids is 3. The molecule has 35 heavy (non-hydrogen) atoms. The van der Waals surface area contributed by atoms with Gasteiger partial charge in [0, 0.05) is 35.4 Å². The van der Waals surface area contributed by atoms with Gasteiger partial charge < -0.3 is 24.7 Å². The third-order valence-corrected chi connectivity index (χ3v) is 6.75. The Labute approximate surface area is 206 Å². The molecule has 0 bridgehead atoms. The smallest absolute Gasteiger partial charge is 0.293 e. The summed E-state index contributed by atoms with van der Waals surface area (Å²) in [5.41, 5.74) is 1.55. The first-order valence-electron chi connectivity index (χ1n) is 11.6. The van der Waals surface area contributed by atoms with Crippen LogP contribution in [0.3, 0.4) is 0 Å². The minimum atomic E-state index is -0.518. The van der Waals surface area contributed by atoms with Gasteiger partial charge in [0.2, 0.25) is 17.6 Å². The molecule has 10 heteroatoms. The molecule has 0 atom stereocenters. The largest absolute Gasteiger partial charge is 0.447 e. The first kappa shape index (κ1) is 23.3. The highest BCUT2D eigenvalue weighted by Gasteiger charge is 2.34. The first-order valence-corrected chi connectivity index (χ1v) is 12.0. The number of fused-ring (bicyclic) bond motifs is 1. The van der Waals surface area contributed by atoms with Crippen molar-refractivity contribution in [3.63, 3.8) is 0 Å². The second kappa shape index (κ2) is 10.1. The van der Waals surface area contributed by atoms with Gasteiger partial charge in [-0.05, 0) is 56.0 Å². The van der Waals surface area contributed by atoms with E-state index in [2.05, 4.69) is 15.6 Å². The van der Waals surface area contributed by atoms with E-state index in [1.165, 1.54) is 0 Å². The van der Waals surface area contributed by atoms with Gasteiger partial charge in [-0.25, -0.2) is 0 Å². The second-order valence-corrected chi connectivity index (χ2v) is 9.19. The van der Waals surface area contributed by atoms with E-state index in [0.717, 1.165) is 12.8 Å². The minimum absolute atomic E-state index is 0.00968. The number of rotatable bonds is 5. The summed E-state index contributed by atoms with van der Waals surface area (Å²) in [7, 11) is 0. The second-order valence-electron chi connectivity index (χ2n) is 8.76. The summed E-state index contributed by atoms with van der Waals surface area (Å²) >= 11 is 6.02. The van der Waals surface area contributed by atoms with Crippen LogP contribution in [0.5, 0.6) is 0 Å². The predicted molar refractivity (Wildman–Crippen MR) is 130 cm³/mol. The molecule has 5 rings (SSSR count). The standard InChI is InChI=1S/C25H25ClN4O5/c26-16-3-1-4-17(13-16)28-25(33)23-22(21-19(35-23)5-2-10-27-21)29-24(32)15-6-8-18(9-7-15)30-11-12-34-14-20(30)31/h1-5,10,13,15,18H,6-9,11-12,14H2,(H,28,33)(H,29,32). The molecule has 3 heterocycles. The summed E-state index contributed by atoms with van der Waals surface area (Å²) in [6.07, 6.45) is 4.37. The number of nitrogens with one attached hydrogen (secondary N) is 2. The van der Waals surface area contributed by atoms with Crippen LogP contribution in [0.25, 0.3) is 11.1 Å². The van der Waals surface area contributed by atoms with Crippen LogP contribution in [0, 0.1) is 5.92 Å². The third kappa shape index (κ3) is 5.01. The van der Waals surface area contributed by atoms with Crippen molar-refractivity contribution >= 4 is 51.8 Å². The van der Waals surface area contributed by atoms with Gasteiger partial charge in [-0.3, -0.25) is 19.4 Å². The van der Waals surface area contributed by atoms with Crippen molar-refractivity contribution in [3.05, 3.63) is 53.4 Å². The summed E-state index contributed by atoms with van der Waals surface area (Å²) in [5.74, 6) is -0.966. The Bertz CT molecular complexity index is 1270. The molecule has 9 nitrogen and oxygen atoms in total. The molecule has 1 aliphatic heterocycles. The van der Waals surface area contributed by atoms with Gasteiger partial charge in [-0.2, -0.15) is 0 Å². The maximum absolute atomic E-state index is 13.2. The van der Waals surface area contributed by atoms with Crippen LogP contribution in [0.15, 0.2) is 47.0 Å². The van der Waals surface area contributed by atoms with Crippen LogP contribution >= 0.6 is 11.6 Å². The Morgan fingerprint density at radius 1 is 1.09 bits per heavy atom. The lowest BCUT2D eigenvalue weighted by atomic mass is 9.84. The zero-order chi connectivity index (χ0) is 24.4. The SMILES string of the molecule is O=C(Nc1cccc(Cl)c1)c1oc2cccnc2c1NC(=O)C1CCC(N2CCOCC2=O)CC1. The Hall–Kier alpha value is -3.43. The van der Waals surface area contributed by atoms with E-state index in [-0.39, 0.29) is 41.8 Å². The van der Waals surface area contributed by atoms with E-state index >= 15 is 0 Å². The lowest BCUT2D eigenvalue weighted by Crippen LogP contribution is -2.49. The number of halogens is 1. The summed E-state index contributed by atoms with van der Waals surface area (Å²) in [5, 5.41) is 6.14. The number of hydrogen-bond donors (Lipinski definition) is 2. The topological polar surface area (TPSA) is 114 Å². The van der Waals surface area contributed by atoms with Crippen molar-refractivity contribution in [2.75, 3.05) is 30.4 Å². The molecule has 3 amide bonds. The van der Waals surface area contributed by atoms with Gasteiger partial charge in [-0.15, -0.1) is 0 Å². The van der Waals surface area contributed by atoms with Gasteiger partial charge >= 0.3 is 0 Å². The van der Waals surface area contributed by atoms with Crippen molar-refractivity contribution in [2.24, 2.45) is 5.92 Å². The maximum atomic E-state index is 13.2. The molecule has 1 saturated heterocycles. The molecular formula is C25H25ClN4O5. The lowest BCUT2D eigenvalue weighted by Gasteiger charge is -2.38. The predicted octanol–water partition coefficient (Wildman–Crippen LogP) is 4.09. The van der Waals surface area contributed by atoms with Crippen molar-refractivity contribution in [1.29, 1.82) is 0 Å². The molecule has 1 saturated carbocycles. The number of anilines is 2. The highest BCUT2D eigenvalue weighted by atomic mass is 35.5. The monoisotopic (exact) mass is 496 g/mol. The Morgan fingerprint density at radius 2 is 1.91 bits per heavy atom. The number of ether oxygens (including phenoxy) is 1. The van der Waals surface area contributed by atoms with Crippen LogP contribution in [0.4, 0.5) is 11.4 Å². The fourth-order valence-electron chi connectivity index (χ4n) is 4.75. The fourth-order valence-corrected chi connectivity index (χ4v) is 4.94. The number of hydrogen-bond acceptors (Lipinski definition) is 6. The van der Waals surface area contributed by atoms with E-state index in [0.29, 0.717) is 47.8 Å². The average molecular weight is 497 g/mol. The Balaban J connectivity index is 1.31. The van der Waals surface area contributed by atoms with Crippen LogP contribution in [0.1, 0.15) is 36.2 Å². The van der Waals surface area contributed by atoms with E-state index < -0.39 is 5.91 Å². The van der Waals surface area contributed by atoms with Gasteiger partial charge in [-0.1, -0.05) is 17.7 Å². The molecule has 0 spiro atoms. The van der Waals surface area contributed by atoms with Crippen LogP contribution in [-0.4, -0.2) is 53.4 Å². The number of carbonyl (C=O) groups is 3. The molecular weight excluding hydrogens is 472 g/mol. The fraction of sp³-hybridized carbons (Fsp3) is 0.360. The number of aromatic nitrogens is 1. The number of furan rings is 1. The molecule has 0 unspecified atom stereocenters. The zero-order valence-corrected chi connectivity index (χ0v) is 19.7. The lowest BCUT2D eigenvalue weighted by molar-refractivity contribution is -0.146. The van der Waals surface area contributed by atoms with E-state index in [4.69, 9.17) is 20.8 Å². The van der Waals surface area contributed by atoms with Crippen LogP contribution in [-0.2, 0) is 14.3 Å². The summed E-state index contributed by atoms with van der Waals surface area (Å²) < 4.78 is 11.0. The zero-order valence-electron chi connectivity index (χ0n) is 19.0. The molecule has 1 aliphatic carbocycles. The van der Waals surface area contributed by atoms with Gasteiger partial charge in [0.05, 0.1) is 6.61 Å². The van der Waals surface area contributed by atoms with Gasteiger partial charge in [0.25, 0.3) is 5.91 Å². The van der Waals surface area contributed by atoms with Gasteiger partial charge in [0.1, 0.15) is 17.8 Å². The average Bonchev–Trinajstić information content (AvgIpc) is 3.23. The molecule has 2 N–H and O–H groups in total. The molecule has 2 aliphatic rings. The minimum Gasteiger partial charge on any atom is -0.447 e. The molecule has 182 valence electrons. The quantitative estimate of drug-likeness (QED) is 0.550. The summed E-state index contributed by atoms with van der Waals surface area (Å²) in [6, 6.07) is 10.3. The Morgan fingerprint density at radius 3 is 2.69 bits per heavy atom. The van der Waals surface area contributed by atoms with Crippen LogP contribution in [0.2, 0.25) is 5.02 Å². The van der Waals surface area contributed by atoms with E-state index in [9.17, 15) is 14.4 Å². The summed E-state index contributed by atoms with van der Waals surface area (Å²) in [6.45, 7) is 1.27. The molecule has 0 radical (unpaired) electrons. The van der Waals surface area contributed by atoms with Crippen molar-refractivity contribution in [2.45, 2.75) is 31.7 Å². The van der Waals surface area contributed by atoms with Crippen molar-refractivity contribution < 1.29 is 23.5 Å². The highest BCUT2D eigenvalue weighted by molar-refractivity contribution is 6.31. The molecule has 3 aromatic rings. The van der Waals surface area contributed by atoms with Crippen molar-refractivity contribution in [1.82, 2.24) is 9.88 Å². The van der Waals surface area contributed by atoms with Crippen LogP contribution < -0.4 is 10.6 Å².